The van der Waals surface area contributed by atoms with Gasteiger partial charge < -0.3 is 5.32 Å². The van der Waals surface area contributed by atoms with E-state index in [4.69, 9.17) is 0 Å². The molecule has 1 aliphatic heterocycles. The van der Waals surface area contributed by atoms with E-state index in [0.717, 1.165) is 36.0 Å². The van der Waals surface area contributed by atoms with Crippen molar-refractivity contribution < 1.29 is 4.79 Å². The molecule has 0 spiro atoms. The van der Waals surface area contributed by atoms with Crippen LogP contribution in [0.15, 0.2) is 36.7 Å². The molecular formula is C13H13N3O. The van der Waals surface area contributed by atoms with Crippen molar-refractivity contribution in [2.24, 2.45) is 0 Å². The minimum Gasteiger partial charge on any atom is -0.338 e. The largest absolute Gasteiger partial charge is 0.338 e. The number of rotatable bonds is 1. The van der Waals surface area contributed by atoms with E-state index in [1.165, 1.54) is 0 Å². The van der Waals surface area contributed by atoms with Crippen LogP contribution >= 0.6 is 0 Å². The van der Waals surface area contributed by atoms with Crippen molar-refractivity contribution in [1.82, 2.24) is 10.3 Å². The van der Waals surface area contributed by atoms with Crippen LogP contribution in [0.1, 0.15) is 6.42 Å². The number of nitrogens with one attached hydrogen (secondary N) is 1. The lowest BCUT2D eigenvalue weighted by atomic mass is 10.1. The van der Waals surface area contributed by atoms with Crippen molar-refractivity contribution in [2.75, 3.05) is 18.0 Å². The average Bonchev–Trinajstić information content (AvgIpc) is 2.39. The predicted molar refractivity (Wildman–Crippen MR) is 67.1 cm³/mol. The van der Waals surface area contributed by atoms with Gasteiger partial charge in [0, 0.05) is 36.3 Å². The summed E-state index contributed by atoms with van der Waals surface area (Å²) in [6.07, 6.45) is 4.56. The van der Waals surface area contributed by atoms with E-state index in [1.54, 1.807) is 11.1 Å². The fourth-order valence-corrected chi connectivity index (χ4v) is 2.20. The number of anilines is 1. The van der Waals surface area contributed by atoms with Crippen LogP contribution < -0.4 is 10.2 Å². The third-order valence-electron chi connectivity index (χ3n) is 3.03. The number of carbonyl (C=O) groups is 1. The minimum atomic E-state index is -0.0134. The zero-order valence-corrected chi connectivity index (χ0v) is 9.39. The van der Waals surface area contributed by atoms with Crippen molar-refractivity contribution in [3.05, 3.63) is 36.7 Å². The molecule has 0 aliphatic carbocycles. The van der Waals surface area contributed by atoms with Crippen molar-refractivity contribution in [2.45, 2.75) is 6.42 Å². The first-order valence-corrected chi connectivity index (χ1v) is 5.74. The van der Waals surface area contributed by atoms with E-state index in [0.29, 0.717) is 0 Å². The molecule has 1 aromatic carbocycles. The van der Waals surface area contributed by atoms with Crippen LogP contribution in [-0.4, -0.2) is 24.1 Å². The first-order valence-electron chi connectivity index (χ1n) is 5.74. The van der Waals surface area contributed by atoms with Gasteiger partial charge in [-0.2, -0.15) is 0 Å². The lowest BCUT2D eigenvalue weighted by molar-refractivity contribution is 0.243. The first-order chi connectivity index (χ1) is 8.36. The molecule has 0 radical (unpaired) electrons. The number of pyridine rings is 1. The Kier molecular flexibility index (Phi) is 2.40. The summed E-state index contributed by atoms with van der Waals surface area (Å²) in [7, 11) is 0. The number of amides is 2. The second-order valence-electron chi connectivity index (χ2n) is 4.11. The molecule has 1 fully saturated rings. The van der Waals surface area contributed by atoms with Crippen LogP contribution in [0, 0.1) is 0 Å². The SMILES string of the molecule is O=C1NCCCN1c1cccc2cnccc12. The summed E-state index contributed by atoms with van der Waals surface area (Å²) >= 11 is 0. The maximum Gasteiger partial charge on any atom is 0.321 e. The van der Waals surface area contributed by atoms with Crippen LogP contribution in [0.2, 0.25) is 0 Å². The molecule has 2 aromatic rings. The van der Waals surface area contributed by atoms with Gasteiger partial charge in [0.25, 0.3) is 0 Å². The van der Waals surface area contributed by atoms with Crippen molar-refractivity contribution in [3.63, 3.8) is 0 Å². The minimum absolute atomic E-state index is 0.0134. The fourth-order valence-electron chi connectivity index (χ4n) is 2.20. The Morgan fingerprint density at radius 1 is 1.29 bits per heavy atom. The zero-order valence-electron chi connectivity index (χ0n) is 9.39. The molecule has 2 heterocycles. The van der Waals surface area contributed by atoms with E-state index < -0.39 is 0 Å². The molecule has 1 aliphatic rings. The van der Waals surface area contributed by atoms with Crippen molar-refractivity contribution in [1.29, 1.82) is 0 Å². The van der Waals surface area contributed by atoms with Gasteiger partial charge in [0.2, 0.25) is 0 Å². The summed E-state index contributed by atoms with van der Waals surface area (Å²) in [6, 6.07) is 7.88. The molecule has 2 amide bonds. The number of hydrogen-bond acceptors (Lipinski definition) is 2. The fraction of sp³-hybridized carbons (Fsp3) is 0.231. The van der Waals surface area contributed by atoms with Crippen LogP contribution in [0.3, 0.4) is 0 Å². The van der Waals surface area contributed by atoms with Gasteiger partial charge in [-0.3, -0.25) is 9.88 Å². The van der Waals surface area contributed by atoms with Crippen molar-refractivity contribution >= 4 is 22.5 Å². The molecule has 0 saturated carbocycles. The highest BCUT2D eigenvalue weighted by atomic mass is 16.2. The lowest BCUT2D eigenvalue weighted by Gasteiger charge is -2.28. The summed E-state index contributed by atoms with van der Waals surface area (Å²) in [5.41, 5.74) is 0.960. The van der Waals surface area contributed by atoms with Gasteiger partial charge in [0.15, 0.2) is 0 Å². The van der Waals surface area contributed by atoms with E-state index in [2.05, 4.69) is 10.3 Å². The number of benzene rings is 1. The monoisotopic (exact) mass is 227 g/mol. The third-order valence-corrected chi connectivity index (χ3v) is 3.03. The number of hydrogen-bond donors (Lipinski definition) is 1. The molecule has 0 bridgehead atoms. The molecule has 4 nitrogen and oxygen atoms in total. The summed E-state index contributed by atoms with van der Waals surface area (Å²) in [4.78, 5) is 17.7. The normalized spacial score (nSPS) is 16.0. The summed E-state index contributed by atoms with van der Waals surface area (Å²) in [6.45, 7) is 1.54. The van der Waals surface area contributed by atoms with Gasteiger partial charge in [-0.25, -0.2) is 4.79 Å². The van der Waals surface area contributed by atoms with E-state index in [9.17, 15) is 4.79 Å². The molecular weight excluding hydrogens is 214 g/mol. The quantitative estimate of drug-likeness (QED) is 0.811. The summed E-state index contributed by atoms with van der Waals surface area (Å²) in [5.74, 6) is 0. The van der Waals surface area contributed by atoms with Gasteiger partial charge in [-0.1, -0.05) is 12.1 Å². The Morgan fingerprint density at radius 3 is 3.12 bits per heavy atom. The van der Waals surface area contributed by atoms with E-state index >= 15 is 0 Å². The van der Waals surface area contributed by atoms with Crippen LogP contribution in [0.5, 0.6) is 0 Å². The smallest absolute Gasteiger partial charge is 0.321 e. The van der Waals surface area contributed by atoms with Crippen molar-refractivity contribution in [3.8, 4) is 0 Å². The second kappa shape index (κ2) is 4.05. The second-order valence-corrected chi connectivity index (χ2v) is 4.11. The summed E-state index contributed by atoms with van der Waals surface area (Å²) < 4.78 is 0. The van der Waals surface area contributed by atoms with Gasteiger partial charge in [-0.15, -0.1) is 0 Å². The molecule has 17 heavy (non-hydrogen) atoms. The molecule has 1 N–H and O–H groups in total. The Morgan fingerprint density at radius 2 is 2.24 bits per heavy atom. The molecule has 4 heteroatoms. The predicted octanol–water partition coefficient (Wildman–Crippen LogP) is 2.15. The third kappa shape index (κ3) is 1.71. The number of carbonyl (C=O) groups excluding carboxylic acids is 1. The molecule has 86 valence electrons. The number of nitrogens with zero attached hydrogens (tertiary/aromatic N) is 2. The lowest BCUT2D eigenvalue weighted by Crippen LogP contribution is -2.46. The van der Waals surface area contributed by atoms with Crippen LogP contribution in [-0.2, 0) is 0 Å². The van der Waals surface area contributed by atoms with E-state index in [1.807, 2.05) is 30.5 Å². The topological polar surface area (TPSA) is 45.2 Å². The van der Waals surface area contributed by atoms with Crippen LogP contribution in [0.4, 0.5) is 10.5 Å². The Bertz CT molecular complexity index is 562. The number of aromatic nitrogens is 1. The maximum absolute atomic E-state index is 11.8. The van der Waals surface area contributed by atoms with Gasteiger partial charge in [-0.05, 0) is 18.6 Å². The zero-order chi connectivity index (χ0) is 11.7. The first kappa shape index (κ1) is 10.1. The van der Waals surface area contributed by atoms with Gasteiger partial charge in [0.05, 0.1) is 5.69 Å². The van der Waals surface area contributed by atoms with Gasteiger partial charge in [0.1, 0.15) is 0 Å². The highest BCUT2D eigenvalue weighted by Crippen LogP contribution is 2.26. The van der Waals surface area contributed by atoms with Gasteiger partial charge >= 0.3 is 6.03 Å². The molecule has 1 saturated heterocycles. The Hall–Kier alpha value is -2.10. The average molecular weight is 227 g/mol. The molecule has 1 aromatic heterocycles. The molecule has 0 atom stereocenters. The molecule has 0 unspecified atom stereocenters. The highest BCUT2D eigenvalue weighted by Gasteiger charge is 2.20. The highest BCUT2D eigenvalue weighted by molar-refractivity contribution is 6.03. The molecule has 3 rings (SSSR count). The summed E-state index contributed by atoms with van der Waals surface area (Å²) in [5, 5.41) is 4.99. The Balaban J connectivity index is 2.13. The standard InChI is InChI=1S/C13H13N3O/c17-13-15-6-2-8-16(13)12-4-1-3-10-9-14-7-5-11(10)12/h1,3-5,7,9H,2,6,8H2,(H,15,17). The van der Waals surface area contributed by atoms with Crippen LogP contribution in [0.25, 0.3) is 10.8 Å². The van der Waals surface area contributed by atoms with E-state index in [-0.39, 0.29) is 6.03 Å². The number of fused-ring (bicyclic) bond motifs is 1. The number of urea groups is 1. The maximum atomic E-state index is 11.8. The Labute approximate surface area is 99.3 Å².